The highest BCUT2D eigenvalue weighted by molar-refractivity contribution is 5.58. The molecule has 2 heterocycles. The molecule has 0 aromatic carbocycles. The highest BCUT2D eigenvalue weighted by Crippen LogP contribution is 2.35. The Balaban J connectivity index is 2.58. The maximum atomic E-state index is 12.6. The first-order chi connectivity index (χ1) is 8.84. The smallest absolute Gasteiger partial charge is 0.437 e. The van der Waals surface area contributed by atoms with Gasteiger partial charge < -0.3 is 10.8 Å². The zero-order valence-corrected chi connectivity index (χ0v) is 9.81. The van der Waals surface area contributed by atoms with Crippen molar-refractivity contribution < 1.29 is 18.3 Å². The second kappa shape index (κ2) is 4.50. The number of nitrogens with two attached hydrogens (primary N) is 1. The fourth-order valence-corrected chi connectivity index (χ4v) is 1.60. The van der Waals surface area contributed by atoms with Crippen molar-refractivity contribution in [3.8, 4) is 17.1 Å². The maximum Gasteiger partial charge on any atom is 0.437 e. The summed E-state index contributed by atoms with van der Waals surface area (Å²) in [4.78, 5) is 3.39. The molecule has 102 valence electrons. The zero-order valence-electron chi connectivity index (χ0n) is 9.81. The number of halogens is 3. The Morgan fingerprint density at radius 3 is 2.63 bits per heavy atom. The van der Waals surface area contributed by atoms with Gasteiger partial charge in [0, 0.05) is 13.6 Å². The van der Waals surface area contributed by atoms with Crippen molar-refractivity contribution in [1.29, 1.82) is 0 Å². The van der Waals surface area contributed by atoms with Gasteiger partial charge in [-0.1, -0.05) is 5.21 Å². The molecule has 0 spiro atoms. The van der Waals surface area contributed by atoms with Gasteiger partial charge in [0.1, 0.15) is 11.4 Å². The number of rotatable bonds is 2. The Morgan fingerprint density at radius 1 is 1.37 bits per heavy atom. The molecule has 6 nitrogen and oxygen atoms in total. The molecule has 0 amide bonds. The summed E-state index contributed by atoms with van der Waals surface area (Å²) < 4.78 is 39.3. The van der Waals surface area contributed by atoms with Crippen LogP contribution in [0.5, 0.6) is 5.75 Å². The van der Waals surface area contributed by atoms with E-state index in [9.17, 15) is 18.3 Å². The zero-order chi connectivity index (χ0) is 14.2. The summed E-state index contributed by atoms with van der Waals surface area (Å²) >= 11 is 0. The molecule has 0 aliphatic carbocycles. The van der Waals surface area contributed by atoms with Crippen molar-refractivity contribution in [2.45, 2.75) is 12.7 Å². The minimum absolute atomic E-state index is 0.0429. The standard InChI is InChI=1S/C10H10F3N5O/c1-18-6(4-14)8(16-17-18)5-2-3-7(19)9(15-5)10(11,12)13/h2-3,19H,4,14H2,1H3. The molecule has 0 radical (unpaired) electrons. The summed E-state index contributed by atoms with van der Waals surface area (Å²) in [6.45, 7) is 0.0583. The maximum absolute atomic E-state index is 12.6. The van der Waals surface area contributed by atoms with Crippen LogP contribution in [0, 0.1) is 0 Å². The van der Waals surface area contributed by atoms with E-state index in [4.69, 9.17) is 5.73 Å². The van der Waals surface area contributed by atoms with E-state index in [0.29, 0.717) is 5.69 Å². The van der Waals surface area contributed by atoms with Crippen LogP contribution in [0.2, 0.25) is 0 Å². The first kappa shape index (κ1) is 13.3. The lowest BCUT2D eigenvalue weighted by molar-refractivity contribution is -0.142. The van der Waals surface area contributed by atoms with Crippen molar-refractivity contribution in [2.75, 3.05) is 0 Å². The molecule has 2 aromatic rings. The fraction of sp³-hybridized carbons (Fsp3) is 0.300. The number of aromatic nitrogens is 4. The number of alkyl halides is 3. The van der Waals surface area contributed by atoms with Gasteiger partial charge in [-0.15, -0.1) is 5.10 Å². The molecule has 3 N–H and O–H groups in total. The van der Waals surface area contributed by atoms with Crippen LogP contribution >= 0.6 is 0 Å². The first-order valence-corrected chi connectivity index (χ1v) is 5.20. The van der Waals surface area contributed by atoms with Crippen molar-refractivity contribution in [3.05, 3.63) is 23.5 Å². The average molecular weight is 273 g/mol. The number of nitrogens with zero attached hydrogens (tertiary/aromatic N) is 4. The van der Waals surface area contributed by atoms with Crippen LogP contribution in [-0.2, 0) is 19.8 Å². The predicted molar refractivity (Wildman–Crippen MR) is 58.8 cm³/mol. The minimum atomic E-state index is -4.74. The Labute approximate surface area is 105 Å². The van der Waals surface area contributed by atoms with Crippen molar-refractivity contribution in [2.24, 2.45) is 12.8 Å². The molecule has 2 rings (SSSR count). The van der Waals surface area contributed by atoms with Gasteiger partial charge in [-0.2, -0.15) is 13.2 Å². The largest absolute Gasteiger partial charge is 0.506 e. The van der Waals surface area contributed by atoms with Gasteiger partial charge in [-0.25, -0.2) is 4.98 Å². The van der Waals surface area contributed by atoms with Gasteiger partial charge in [0.05, 0.1) is 11.4 Å². The lowest BCUT2D eigenvalue weighted by atomic mass is 10.2. The number of aromatic hydroxyl groups is 1. The molecular formula is C10H10F3N5O. The predicted octanol–water partition coefficient (Wildman–Crippen LogP) is 1.06. The molecule has 0 saturated carbocycles. The van der Waals surface area contributed by atoms with Crippen LogP contribution in [0.15, 0.2) is 12.1 Å². The Morgan fingerprint density at radius 2 is 2.05 bits per heavy atom. The van der Waals surface area contributed by atoms with Crippen molar-refractivity contribution >= 4 is 0 Å². The summed E-state index contributed by atoms with van der Waals surface area (Å²) in [5.41, 5.74) is 4.69. The van der Waals surface area contributed by atoms with Gasteiger partial charge in [-0.05, 0) is 12.1 Å². The number of hydrogen-bond acceptors (Lipinski definition) is 5. The van der Waals surface area contributed by atoms with Gasteiger partial charge >= 0.3 is 6.18 Å². The molecule has 0 aliphatic rings. The van der Waals surface area contributed by atoms with Crippen LogP contribution in [0.25, 0.3) is 11.4 Å². The number of aryl methyl sites for hydroxylation is 1. The van der Waals surface area contributed by atoms with E-state index in [2.05, 4.69) is 15.3 Å². The van der Waals surface area contributed by atoms with E-state index in [-0.39, 0.29) is 17.9 Å². The Kier molecular flexibility index (Phi) is 3.14. The number of pyridine rings is 1. The molecule has 0 saturated heterocycles. The van der Waals surface area contributed by atoms with Crippen molar-refractivity contribution in [1.82, 2.24) is 20.0 Å². The quantitative estimate of drug-likeness (QED) is 0.854. The summed E-state index contributed by atoms with van der Waals surface area (Å²) in [7, 11) is 1.57. The highest BCUT2D eigenvalue weighted by atomic mass is 19.4. The lowest BCUT2D eigenvalue weighted by Crippen LogP contribution is -2.10. The van der Waals surface area contributed by atoms with E-state index in [1.54, 1.807) is 7.05 Å². The van der Waals surface area contributed by atoms with Crippen LogP contribution in [0.1, 0.15) is 11.4 Å². The Hall–Kier alpha value is -2.16. The summed E-state index contributed by atoms with van der Waals surface area (Å²) in [6, 6.07) is 2.15. The Bertz CT molecular complexity index is 608. The summed E-state index contributed by atoms with van der Waals surface area (Å²) in [5.74, 6) is -0.936. The fourth-order valence-electron chi connectivity index (χ4n) is 1.60. The van der Waals surface area contributed by atoms with Gasteiger partial charge in [0.2, 0.25) is 0 Å². The molecule has 19 heavy (non-hydrogen) atoms. The second-order valence-corrected chi connectivity index (χ2v) is 3.77. The van der Waals surface area contributed by atoms with Crippen LogP contribution < -0.4 is 5.73 Å². The minimum Gasteiger partial charge on any atom is -0.506 e. The van der Waals surface area contributed by atoms with E-state index < -0.39 is 17.6 Å². The average Bonchev–Trinajstić information content (AvgIpc) is 2.69. The molecule has 0 bridgehead atoms. The van der Waals surface area contributed by atoms with Crippen LogP contribution in [0.3, 0.4) is 0 Å². The normalized spacial score (nSPS) is 11.8. The molecule has 9 heteroatoms. The lowest BCUT2D eigenvalue weighted by Gasteiger charge is -2.09. The first-order valence-electron chi connectivity index (χ1n) is 5.20. The van der Waals surface area contributed by atoms with E-state index in [1.807, 2.05) is 0 Å². The van der Waals surface area contributed by atoms with E-state index >= 15 is 0 Å². The molecule has 0 aliphatic heterocycles. The molecule has 0 unspecified atom stereocenters. The number of hydrogen-bond donors (Lipinski definition) is 2. The highest BCUT2D eigenvalue weighted by Gasteiger charge is 2.36. The third-order valence-electron chi connectivity index (χ3n) is 2.52. The van der Waals surface area contributed by atoms with Crippen LogP contribution in [0.4, 0.5) is 13.2 Å². The molecular weight excluding hydrogens is 263 g/mol. The third kappa shape index (κ3) is 2.36. The van der Waals surface area contributed by atoms with Crippen LogP contribution in [-0.4, -0.2) is 25.1 Å². The SMILES string of the molecule is Cn1nnc(-c2ccc(O)c(C(F)(F)F)n2)c1CN. The topological polar surface area (TPSA) is 89.8 Å². The van der Waals surface area contributed by atoms with E-state index in [0.717, 1.165) is 6.07 Å². The van der Waals surface area contributed by atoms with Gasteiger partial charge in [0.15, 0.2) is 5.69 Å². The summed E-state index contributed by atoms with van der Waals surface area (Å²) in [5, 5.41) is 16.6. The molecule has 0 atom stereocenters. The van der Waals surface area contributed by atoms with E-state index in [1.165, 1.54) is 10.7 Å². The van der Waals surface area contributed by atoms with Gasteiger partial charge in [-0.3, -0.25) is 4.68 Å². The third-order valence-corrected chi connectivity index (χ3v) is 2.52. The van der Waals surface area contributed by atoms with Crippen molar-refractivity contribution in [3.63, 3.8) is 0 Å². The molecule has 0 fully saturated rings. The second-order valence-electron chi connectivity index (χ2n) is 3.77. The van der Waals surface area contributed by atoms with Gasteiger partial charge in [0.25, 0.3) is 0 Å². The monoisotopic (exact) mass is 273 g/mol. The molecule has 2 aromatic heterocycles. The summed E-state index contributed by atoms with van der Waals surface area (Å²) in [6.07, 6.45) is -4.74.